The van der Waals surface area contributed by atoms with Crippen molar-refractivity contribution in [3.05, 3.63) is 29.8 Å². The Morgan fingerprint density at radius 2 is 1.83 bits per heavy atom. The fraction of sp³-hybridized carbons (Fsp3) is 0.500. The van der Waals surface area contributed by atoms with Crippen LogP contribution < -0.4 is 4.90 Å². The normalized spacial score (nSPS) is 17.9. The van der Waals surface area contributed by atoms with E-state index in [-0.39, 0.29) is 30.7 Å². The number of benzene rings is 1. The van der Waals surface area contributed by atoms with Gasteiger partial charge in [0.15, 0.2) is 0 Å². The van der Waals surface area contributed by atoms with Crippen molar-refractivity contribution >= 4 is 23.5 Å². The van der Waals surface area contributed by atoms with E-state index < -0.39 is 5.97 Å². The van der Waals surface area contributed by atoms with E-state index in [1.54, 1.807) is 4.90 Å². The summed E-state index contributed by atoms with van der Waals surface area (Å²) < 4.78 is 0. The molecule has 1 aromatic carbocycles. The lowest BCUT2D eigenvalue weighted by Gasteiger charge is -2.37. The number of likely N-dealkylation sites (tertiary alicyclic amines) is 1. The van der Waals surface area contributed by atoms with Gasteiger partial charge < -0.3 is 14.9 Å². The van der Waals surface area contributed by atoms with Gasteiger partial charge >= 0.3 is 5.97 Å². The van der Waals surface area contributed by atoms with Crippen LogP contribution in [0.25, 0.3) is 0 Å². The quantitative estimate of drug-likeness (QED) is 0.893. The van der Waals surface area contributed by atoms with Crippen LogP contribution in [-0.4, -0.2) is 46.9 Å². The van der Waals surface area contributed by atoms with E-state index in [0.29, 0.717) is 25.9 Å². The molecule has 2 amide bonds. The summed E-state index contributed by atoms with van der Waals surface area (Å²) in [6.07, 6.45) is 2.69. The van der Waals surface area contributed by atoms with Gasteiger partial charge in [0.25, 0.3) is 0 Å². The van der Waals surface area contributed by atoms with Crippen molar-refractivity contribution in [1.29, 1.82) is 0 Å². The number of carboxylic acids is 1. The number of aliphatic carboxylic acids is 1. The van der Waals surface area contributed by atoms with E-state index in [4.69, 9.17) is 5.11 Å². The second kappa shape index (κ2) is 7.03. The molecule has 3 rings (SSSR count). The van der Waals surface area contributed by atoms with Crippen molar-refractivity contribution in [2.75, 3.05) is 18.0 Å². The highest BCUT2D eigenvalue weighted by atomic mass is 16.4. The van der Waals surface area contributed by atoms with Gasteiger partial charge in [0.05, 0.1) is 6.42 Å². The maximum absolute atomic E-state index is 12.3. The van der Waals surface area contributed by atoms with E-state index in [0.717, 1.165) is 24.1 Å². The van der Waals surface area contributed by atoms with Crippen LogP contribution in [0.5, 0.6) is 0 Å². The fourth-order valence-corrected chi connectivity index (χ4v) is 3.60. The Kier molecular flexibility index (Phi) is 4.83. The Morgan fingerprint density at radius 1 is 1.12 bits per heavy atom. The number of amides is 2. The topological polar surface area (TPSA) is 77.9 Å². The molecule has 0 aromatic heterocycles. The Labute approximate surface area is 141 Å². The minimum Gasteiger partial charge on any atom is -0.481 e. The van der Waals surface area contributed by atoms with Crippen LogP contribution in [0, 0.1) is 0 Å². The van der Waals surface area contributed by atoms with Crippen LogP contribution in [-0.2, 0) is 20.8 Å². The lowest BCUT2D eigenvalue weighted by Crippen LogP contribution is -2.48. The molecule has 6 heteroatoms. The molecular formula is C18H22N2O4. The zero-order chi connectivity index (χ0) is 17.1. The molecule has 0 spiro atoms. The molecule has 1 N–H and O–H groups in total. The summed E-state index contributed by atoms with van der Waals surface area (Å²) in [7, 11) is 0. The second-order valence-electron chi connectivity index (χ2n) is 6.43. The Morgan fingerprint density at radius 3 is 2.54 bits per heavy atom. The number of anilines is 1. The molecule has 0 bridgehead atoms. The van der Waals surface area contributed by atoms with Crippen LogP contribution in [0.2, 0.25) is 0 Å². The number of piperidine rings is 1. The first-order chi connectivity index (χ1) is 11.6. The molecule has 0 radical (unpaired) electrons. The third-order valence-electron chi connectivity index (χ3n) is 4.83. The van der Waals surface area contributed by atoms with Crippen LogP contribution in [0.3, 0.4) is 0 Å². The van der Waals surface area contributed by atoms with Gasteiger partial charge in [0.2, 0.25) is 11.8 Å². The van der Waals surface area contributed by atoms with Gasteiger partial charge in [-0.1, -0.05) is 18.2 Å². The Bertz CT molecular complexity index is 650. The molecule has 1 saturated heterocycles. The summed E-state index contributed by atoms with van der Waals surface area (Å²) in [6, 6.07) is 8.03. The number of fused-ring (bicyclic) bond motifs is 1. The molecule has 0 unspecified atom stereocenters. The largest absolute Gasteiger partial charge is 0.481 e. The summed E-state index contributed by atoms with van der Waals surface area (Å²) in [4.78, 5) is 38.7. The number of carbonyl (C=O) groups is 3. The SMILES string of the molecule is O=C(O)CCCC(=O)N1CCC(N2C(=O)Cc3ccccc32)CC1. The summed E-state index contributed by atoms with van der Waals surface area (Å²) in [5.41, 5.74) is 2.09. The monoisotopic (exact) mass is 330 g/mol. The number of carbonyl (C=O) groups excluding carboxylic acids is 2. The van der Waals surface area contributed by atoms with Crippen molar-refractivity contribution in [3.8, 4) is 0 Å². The van der Waals surface area contributed by atoms with Crippen molar-refractivity contribution < 1.29 is 19.5 Å². The number of para-hydroxylation sites is 1. The smallest absolute Gasteiger partial charge is 0.303 e. The number of nitrogens with zero attached hydrogens (tertiary/aromatic N) is 2. The van der Waals surface area contributed by atoms with Crippen molar-refractivity contribution in [3.63, 3.8) is 0 Å². The Hall–Kier alpha value is -2.37. The van der Waals surface area contributed by atoms with E-state index >= 15 is 0 Å². The highest BCUT2D eigenvalue weighted by Crippen LogP contribution is 2.33. The molecule has 2 heterocycles. The molecule has 1 aromatic rings. The van der Waals surface area contributed by atoms with E-state index in [9.17, 15) is 14.4 Å². The van der Waals surface area contributed by atoms with E-state index in [1.165, 1.54) is 0 Å². The number of hydrogen-bond donors (Lipinski definition) is 1. The zero-order valence-corrected chi connectivity index (χ0v) is 13.6. The number of carboxylic acid groups (broad SMARTS) is 1. The lowest BCUT2D eigenvalue weighted by molar-refractivity contribution is -0.137. The summed E-state index contributed by atoms with van der Waals surface area (Å²) in [5, 5.41) is 8.64. The number of rotatable bonds is 5. The molecule has 2 aliphatic heterocycles. The van der Waals surface area contributed by atoms with Gasteiger partial charge in [-0.25, -0.2) is 0 Å². The molecule has 0 saturated carbocycles. The third-order valence-corrected chi connectivity index (χ3v) is 4.83. The summed E-state index contributed by atoms with van der Waals surface area (Å²) in [6.45, 7) is 1.25. The lowest BCUT2D eigenvalue weighted by atomic mass is 10.0. The third kappa shape index (κ3) is 3.42. The minimum absolute atomic E-state index is 0.0165. The standard InChI is InChI=1S/C18H22N2O4/c21-16(6-3-7-18(23)24)19-10-8-14(9-11-19)20-15-5-2-1-4-13(15)12-17(20)22/h1-2,4-5,14H,3,6-12H2,(H,23,24). The number of hydrogen-bond acceptors (Lipinski definition) is 3. The molecule has 6 nitrogen and oxygen atoms in total. The highest BCUT2D eigenvalue weighted by Gasteiger charge is 2.35. The van der Waals surface area contributed by atoms with Gasteiger partial charge in [-0.3, -0.25) is 14.4 Å². The maximum atomic E-state index is 12.3. The average molecular weight is 330 g/mol. The van der Waals surface area contributed by atoms with Crippen LogP contribution in [0.15, 0.2) is 24.3 Å². The molecule has 2 aliphatic rings. The second-order valence-corrected chi connectivity index (χ2v) is 6.43. The minimum atomic E-state index is -0.868. The molecular weight excluding hydrogens is 308 g/mol. The molecule has 1 fully saturated rings. The van der Waals surface area contributed by atoms with Gasteiger partial charge in [0.1, 0.15) is 0 Å². The van der Waals surface area contributed by atoms with Crippen molar-refractivity contribution in [2.45, 2.75) is 44.6 Å². The maximum Gasteiger partial charge on any atom is 0.303 e. The van der Waals surface area contributed by atoms with Gasteiger partial charge in [-0.2, -0.15) is 0 Å². The Balaban J connectivity index is 1.55. The van der Waals surface area contributed by atoms with Gasteiger partial charge in [-0.15, -0.1) is 0 Å². The predicted octanol–water partition coefficient (Wildman–Crippen LogP) is 1.82. The highest BCUT2D eigenvalue weighted by molar-refractivity contribution is 6.01. The van der Waals surface area contributed by atoms with Crippen molar-refractivity contribution in [2.24, 2.45) is 0 Å². The average Bonchev–Trinajstić information content (AvgIpc) is 2.90. The summed E-state index contributed by atoms with van der Waals surface area (Å²) in [5.74, 6) is -0.710. The van der Waals surface area contributed by atoms with E-state index in [1.807, 2.05) is 29.2 Å². The van der Waals surface area contributed by atoms with Crippen LogP contribution in [0.1, 0.15) is 37.7 Å². The van der Waals surface area contributed by atoms with Gasteiger partial charge in [-0.05, 0) is 30.9 Å². The van der Waals surface area contributed by atoms with Crippen LogP contribution >= 0.6 is 0 Å². The molecule has 0 atom stereocenters. The predicted molar refractivity (Wildman–Crippen MR) is 88.7 cm³/mol. The molecule has 0 aliphatic carbocycles. The van der Waals surface area contributed by atoms with Crippen molar-refractivity contribution in [1.82, 2.24) is 4.90 Å². The molecule has 128 valence electrons. The van der Waals surface area contributed by atoms with Gasteiger partial charge in [0, 0.05) is 37.7 Å². The first-order valence-electron chi connectivity index (χ1n) is 8.46. The van der Waals surface area contributed by atoms with Crippen LogP contribution in [0.4, 0.5) is 5.69 Å². The van der Waals surface area contributed by atoms with E-state index in [2.05, 4.69) is 0 Å². The molecule has 24 heavy (non-hydrogen) atoms. The zero-order valence-electron chi connectivity index (χ0n) is 13.6. The first-order valence-corrected chi connectivity index (χ1v) is 8.46. The first kappa shape index (κ1) is 16.5. The summed E-state index contributed by atoms with van der Waals surface area (Å²) >= 11 is 0. The fourth-order valence-electron chi connectivity index (χ4n) is 3.60.